The second-order valence-corrected chi connectivity index (χ2v) is 8.42. The van der Waals surface area contributed by atoms with E-state index in [0.29, 0.717) is 22.9 Å². The highest BCUT2D eigenvalue weighted by Crippen LogP contribution is 2.40. The first-order chi connectivity index (χ1) is 15.6. The minimum Gasteiger partial charge on any atom is -0.454 e. The molecule has 4 aromatic rings. The maximum Gasteiger partial charge on any atom is 0.345 e. The lowest BCUT2D eigenvalue weighted by Crippen LogP contribution is -2.12. The molecule has 0 saturated heterocycles. The smallest absolute Gasteiger partial charge is 0.345 e. The summed E-state index contributed by atoms with van der Waals surface area (Å²) in [6.07, 6.45) is 0. The minimum atomic E-state index is -0.494. The van der Waals surface area contributed by atoms with Crippen molar-refractivity contribution in [3.05, 3.63) is 89.6 Å². The highest BCUT2D eigenvalue weighted by atomic mass is 32.2. The Morgan fingerprint density at radius 3 is 2.50 bits per heavy atom. The topological polar surface area (TPSA) is 62.6 Å². The van der Waals surface area contributed by atoms with Gasteiger partial charge in [0.1, 0.15) is 0 Å². The molecule has 0 radical (unpaired) electrons. The number of carbonyl (C=O) groups is 1. The van der Waals surface area contributed by atoms with Crippen molar-refractivity contribution >= 4 is 17.7 Å². The molecule has 0 bridgehead atoms. The molecule has 160 valence electrons. The molecular formula is C25H20N2O4S. The van der Waals surface area contributed by atoms with Crippen molar-refractivity contribution in [3.8, 4) is 23.1 Å². The second-order valence-electron chi connectivity index (χ2n) is 7.34. The van der Waals surface area contributed by atoms with E-state index in [4.69, 9.17) is 14.2 Å². The Hall–Kier alpha value is -3.71. The number of aromatic nitrogens is 2. The Bertz CT molecular complexity index is 1280. The zero-order chi connectivity index (χ0) is 22.1. The number of fused-ring (bicyclic) bond motifs is 1. The van der Waals surface area contributed by atoms with Crippen LogP contribution < -0.4 is 14.2 Å². The molecule has 1 aliphatic heterocycles. The van der Waals surface area contributed by atoms with Crippen molar-refractivity contribution < 1.29 is 19.0 Å². The van der Waals surface area contributed by atoms with E-state index in [0.717, 1.165) is 21.2 Å². The predicted molar refractivity (Wildman–Crippen MR) is 121 cm³/mol. The molecule has 3 aromatic carbocycles. The van der Waals surface area contributed by atoms with Crippen LogP contribution in [0, 0.1) is 13.8 Å². The van der Waals surface area contributed by atoms with Crippen LogP contribution in [-0.4, -0.2) is 22.5 Å². The molecule has 32 heavy (non-hydrogen) atoms. The zero-order valence-corrected chi connectivity index (χ0v) is 18.4. The quantitative estimate of drug-likeness (QED) is 0.374. The maximum atomic E-state index is 13.1. The summed E-state index contributed by atoms with van der Waals surface area (Å²) in [5, 5.41) is 4.67. The van der Waals surface area contributed by atoms with Crippen LogP contribution in [0.15, 0.2) is 82.6 Å². The summed E-state index contributed by atoms with van der Waals surface area (Å²) in [6.45, 7) is 4.10. The maximum absolute atomic E-state index is 13.1. The summed E-state index contributed by atoms with van der Waals surface area (Å²) in [6, 6.07) is 22.8. The van der Waals surface area contributed by atoms with Crippen molar-refractivity contribution in [1.82, 2.24) is 9.78 Å². The number of carbonyl (C=O) groups excluding carboxylic acids is 1. The standard InChI is InChI=1S/C25H20N2O4S/c1-16-8-11-20(12-9-16)32-23-17(2)26-27(19-6-4-3-5-7-19)24(23)31-25(28)18-10-13-21-22(14-18)30-15-29-21/h3-14H,15H2,1-2H3. The molecule has 7 heteroatoms. The van der Waals surface area contributed by atoms with Gasteiger partial charge in [0.15, 0.2) is 11.5 Å². The van der Waals surface area contributed by atoms with Crippen molar-refractivity contribution in [1.29, 1.82) is 0 Å². The van der Waals surface area contributed by atoms with Crippen LogP contribution in [0.25, 0.3) is 5.69 Å². The third-order valence-electron chi connectivity index (χ3n) is 5.00. The van der Waals surface area contributed by atoms with E-state index in [-0.39, 0.29) is 6.79 Å². The lowest BCUT2D eigenvalue weighted by molar-refractivity contribution is 0.0718. The van der Waals surface area contributed by atoms with Gasteiger partial charge in [0.25, 0.3) is 0 Å². The average Bonchev–Trinajstić information content (AvgIpc) is 3.40. The fraction of sp³-hybridized carbons (Fsp3) is 0.120. The lowest BCUT2D eigenvalue weighted by Gasteiger charge is -2.11. The first-order valence-electron chi connectivity index (χ1n) is 10.1. The van der Waals surface area contributed by atoms with Crippen LogP contribution in [0.5, 0.6) is 17.4 Å². The summed E-state index contributed by atoms with van der Waals surface area (Å²) in [4.78, 5) is 14.9. The van der Waals surface area contributed by atoms with E-state index >= 15 is 0 Å². The highest BCUT2D eigenvalue weighted by molar-refractivity contribution is 7.99. The molecule has 2 heterocycles. The molecule has 0 spiro atoms. The van der Waals surface area contributed by atoms with Gasteiger partial charge in [0.05, 0.1) is 21.8 Å². The van der Waals surface area contributed by atoms with Gasteiger partial charge in [-0.05, 0) is 56.3 Å². The van der Waals surface area contributed by atoms with Crippen LogP contribution in [0.1, 0.15) is 21.6 Å². The van der Waals surface area contributed by atoms with Crippen LogP contribution in [-0.2, 0) is 0 Å². The number of rotatable bonds is 5. The second kappa shape index (κ2) is 8.43. The average molecular weight is 445 g/mol. The van der Waals surface area contributed by atoms with Crippen molar-refractivity contribution in [3.63, 3.8) is 0 Å². The Morgan fingerprint density at radius 2 is 1.72 bits per heavy atom. The Morgan fingerprint density at radius 1 is 0.969 bits per heavy atom. The molecule has 0 N–H and O–H groups in total. The van der Waals surface area contributed by atoms with Gasteiger partial charge in [-0.2, -0.15) is 9.78 Å². The first kappa shape index (κ1) is 20.2. The van der Waals surface area contributed by atoms with Gasteiger partial charge < -0.3 is 14.2 Å². The van der Waals surface area contributed by atoms with E-state index in [1.54, 1.807) is 22.9 Å². The largest absolute Gasteiger partial charge is 0.454 e. The molecule has 1 aliphatic rings. The molecule has 0 atom stereocenters. The monoisotopic (exact) mass is 444 g/mol. The van der Waals surface area contributed by atoms with Crippen LogP contribution in [0.2, 0.25) is 0 Å². The highest BCUT2D eigenvalue weighted by Gasteiger charge is 2.24. The molecule has 5 rings (SSSR count). The molecule has 0 unspecified atom stereocenters. The summed E-state index contributed by atoms with van der Waals surface area (Å²) in [7, 11) is 0. The molecule has 0 amide bonds. The van der Waals surface area contributed by atoms with Gasteiger partial charge >= 0.3 is 5.97 Å². The SMILES string of the molecule is Cc1ccc(Sc2c(C)nn(-c3ccccc3)c2OC(=O)c2ccc3c(c2)OCO3)cc1. The van der Waals surface area contributed by atoms with Gasteiger partial charge in [0, 0.05) is 4.90 Å². The number of hydrogen-bond donors (Lipinski definition) is 0. The summed E-state index contributed by atoms with van der Waals surface area (Å²) < 4.78 is 18.3. The lowest BCUT2D eigenvalue weighted by atomic mass is 10.2. The predicted octanol–water partition coefficient (Wildman–Crippen LogP) is 5.59. The normalized spacial score (nSPS) is 12.1. The van der Waals surface area contributed by atoms with E-state index in [2.05, 4.69) is 17.2 Å². The number of benzene rings is 3. The van der Waals surface area contributed by atoms with E-state index in [1.165, 1.54) is 17.3 Å². The summed E-state index contributed by atoms with van der Waals surface area (Å²) in [5.74, 6) is 1.02. The van der Waals surface area contributed by atoms with Gasteiger partial charge in [0.2, 0.25) is 12.7 Å². The first-order valence-corrected chi connectivity index (χ1v) is 10.9. The van der Waals surface area contributed by atoms with E-state index in [1.807, 2.05) is 56.3 Å². The molecule has 0 aliphatic carbocycles. The Balaban J connectivity index is 1.53. The third-order valence-corrected chi connectivity index (χ3v) is 6.19. The van der Waals surface area contributed by atoms with Gasteiger partial charge in [-0.1, -0.05) is 47.7 Å². The number of hydrogen-bond acceptors (Lipinski definition) is 6. The molecule has 1 aromatic heterocycles. The number of ether oxygens (including phenoxy) is 3. The summed E-state index contributed by atoms with van der Waals surface area (Å²) in [5.41, 5.74) is 3.13. The number of esters is 1. The molecule has 0 fully saturated rings. The number of nitrogens with zero attached hydrogens (tertiary/aromatic N) is 2. The zero-order valence-electron chi connectivity index (χ0n) is 17.6. The third kappa shape index (κ3) is 3.94. The van der Waals surface area contributed by atoms with Crippen LogP contribution in [0.4, 0.5) is 0 Å². The number of para-hydroxylation sites is 1. The number of aryl methyl sites for hydroxylation is 2. The molecule has 6 nitrogen and oxygen atoms in total. The van der Waals surface area contributed by atoms with E-state index in [9.17, 15) is 4.79 Å². The Kier molecular flexibility index (Phi) is 5.33. The fourth-order valence-corrected chi connectivity index (χ4v) is 4.25. The van der Waals surface area contributed by atoms with Crippen LogP contribution in [0.3, 0.4) is 0 Å². The fourth-order valence-electron chi connectivity index (χ4n) is 3.34. The van der Waals surface area contributed by atoms with Gasteiger partial charge in [-0.3, -0.25) is 0 Å². The molecular weight excluding hydrogens is 424 g/mol. The van der Waals surface area contributed by atoms with Crippen molar-refractivity contribution in [2.75, 3.05) is 6.79 Å². The van der Waals surface area contributed by atoms with E-state index < -0.39 is 5.97 Å². The van der Waals surface area contributed by atoms with Gasteiger partial charge in [-0.25, -0.2) is 4.79 Å². The van der Waals surface area contributed by atoms with Crippen LogP contribution >= 0.6 is 11.8 Å². The Labute approximate surface area is 189 Å². The minimum absolute atomic E-state index is 0.144. The summed E-state index contributed by atoms with van der Waals surface area (Å²) >= 11 is 1.52. The van der Waals surface area contributed by atoms with Crippen molar-refractivity contribution in [2.45, 2.75) is 23.6 Å². The molecule has 0 saturated carbocycles. The van der Waals surface area contributed by atoms with Crippen molar-refractivity contribution in [2.24, 2.45) is 0 Å². The van der Waals surface area contributed by atoms with Gasteiger partial charge in [-0.15, -0.1) is 0 Å².